The Balaban J connectivity index is 1.33. The molecule has 9 N–H and O–H groups in total. The van der Waals surface area contributed by atoms with Crippen LogP contribution in [0.25, 0.3) is 0 Å². The Bertz CT molecular complexity index is 1590. The minimum absolute atomic E-state index is 0.0503. The zero-order valence-corrected chi connectivity index (χ0v) is 27.7. The van der Waals surface area contributed by atoms with Crippen LogP contribution in [0.5, 0.6) is 5.75 Å². The third kappa shape index (κ3) is 8.84. The summed E-state index contributed by atoms with van der Waals surface area (Å²) in [6.45, 7) is 6.54. The lowest BCUT2D eigenvalue weighted by atomic mass is 9.84. The van der Waals surface area contributed by atoms with Crippen LogP contribution in [-0.4, -0.2) is 107 Å². The van der Waals surface area contributed by atoms with Crippen LogP contribution in [0.4, 0.5) is 5.13 Å². The van der Waals surface area contributed by atoms with Gasteiger partial charge in [-0.1, -0.05) is 11.2 Å². The number of benzene rings is 1. The van der Waals surface area contributed by atoms with Crippen LogP contribution in [0.2, 0.25) is 0 Å². The van der Waals surface area contributed by atoms with Crippen molar-refractivity contribution in [3.8, 4) is 5.75 Å². The van der Waals surface area contributed by atoms with Crippen molar-refractivity contribution in [2.45, 2.75) is 51.4 Å². The molecular weight excluding hydrogens is 656 g/mol. The first-order valence-electron chi connectivity index (χ1n) is 14.7. The Morgan fingerprint density at radius 3 is 2.49 bits per heavy atom. The van der Waals surface area contributed by atoms with Crippen molar-refractivity contribution in [2.75, 3.05) is 45.1 Å². The number of oxime groups is 1. The molecule has 2 aromatic rings. The minimum atomic E-state index is -4.96. The number of aromatic nitrogens is 1. The molecule has 0 aliphatic carbocycles. The van der Waals surface area contributed by atoms with E-state index >= 15 is 0 Å². The van der Waals surface area contributed by atoms with Crippen LogP contribution < -0.4 is 27.3 Å². The van der Waals surface area contributed by atoms with Crippen molar-refractivity contribution in [3.05, 3.63) is 40.4 Å². The van der Waals surface area contributed by atoms with Gasteiger partial charge in [0.05, 0.1) is 5.54 Å². The number of hydrogen-bond acceptors (Lipinski definition) is 14. The third-order valence-electron chi connectivity index (χ3n) is 7.46. The fraction of sp³-hybridized carbons (Fsp3) is 0.519. The molecule has 20 heteroatoms. The van der Waals surface area contributed by atoms with Crippen molar-refractivity contribution < 1.29 is 36.4 Å². The van der Waals surface area contributed by atoms with Crippen LogP contribution in [-0.2, 0) is 42.2 Å². The second-order valence-electron chi connectivity index (χ2n) is 11.3. The first-order chi connectivity index (χ1) is 22.2. The van der Waals surface area contributed by atoms with Gasteiger partial charge >= 0.3 is 10.4 Å². The molecule has 2 aliphatic heterocycles. The van der Waals surface area contributed by atoms with Crippen molar-refractivity contribution in [3.63, 3.8) is 0 Å². The smallest absolute Gasteiger partial charge is 0.418 e. The molecule has 1 aromatic carbocycles. The predicted molar refractivity (Wildman–Crippen MR) is 172 cm³/mol. The van der Waals surface area contributed by atoms with Crippen LogP contribution >= 0.6 is 11.3 Å². The fourth-order valence-corrected chi connectivity index (χ4v) is 6.03. The molecule has 2 aliphatic rings. The Kier molecular flexibility index (Phi) is 11.6. The van der Waals surface area contributed by atoms with Gasteiger partial charge < -0.3 is 41.9 Å². The number of nitrogens with zero attached hydrogens (tertiary/aromatic N) is 5. The van der Waals surface area contributed by atoms with E-state index in [4.69, 9.17) is 36.7 Å². The molecule has 3 heterocycles. The van der Waals surface area contributed by atoms with Gasteiger partial charge in [-0.15, -0.1) is 15.6 Å². The molecule has 0 spiro atoms. The Labute approximate surface area is 276 Å². The van der Waals surface area contributed by atoms with E-state index in [0.717, 1.165) is 35.3 Å². The lowest BCUT2D eigenvalue weighted by Gasteiger charge is -2.50. The third-order valence-corrected chi connectivity index (χ3v) is 8.47. The second kappa shape index (κ2) is 15.2. The molecule has 1 fully saturated rings. The number of β-lactam (4-membered cyclic amide) rings is 1. The number of nitrogens with one attached hydrogen (secondary N) is 2. The molecule has 0 bridgehead atoms. The summed E-state index contributed by atoms with van der Waals surface area (Å²) < 4.78 is 41.3. The van der Waals surface area contributed by atoms with E-state index in [9.17, 15) is 18.0 Å². The number of rotatable bonds is 16. The number of carbonyl (C=O) groups is 2. The molecule has 1 atom stereocenters. The maximum absolute atomic E-state index is 13.2. The number of nitrogens with two attached hydrogens (primary N) is 3. The Morgan fingerprint density at radius 1 is 1.21 bits per heavy atom. The highest BCUT2D eigenvalue weighted by molar-refractivity contribution is 7.80. The van der Waals surface area contributed by atoms with Crippen molar-refractivity contribution in [2.24, 2.45) is 16.6 Å². The minimum Gasteiger partial charge on any atom is -0.490 e. The molecule has 2 amide bonds. The number of ether oxygens (including phenoxy) is 1. The summed E-state index contributed by atoms with van der Waals surface area (Å²) in [5.74, 6) is -0.710. The van der Waals surface area contributed by atoms with E-state index in [-0.39, 0.29) is 29.8 Å². The predicted octanol–water partition coefficient (Wildman–Crippen LogP) is -0.385. The van der Waals surface area contributed by atoms with Gasteiger partial charge in [0.25, 0.3) is 11.8 Å². The van der Waals surface area contributed by atoms with Gasteiger partial charge in [-0.3, -0.25) is 19.6 Å². The number of thiazole rings is 1. The van der Waals surface area contributed by atoms with E-state index in [1.807, 2.05) is 28.0 Å². The van der Waals surface area contributed by atoms with E-state index < -0.39 is 33.8 Å². The number of anilines is 1. The summed E-state index contributed by atoms with van der Waals surface area (Å²) in [7, 11) is -4.96. The number of amides is 2. The maximum atomic E-state index is 13.2. The highest BCUT2D eigenvalue weighted by Crippen LogP contribution is 2.33. The summed E-state index contributed by atoms with van der Waals surface area (Å²) >= 11 is 1.06. The second-order valence-corrected chi connectivity index (χ2v) is 13.2. The summed E-state index contributed by atoms with van der Waals surface area (Å²) in [4.78, 5) is 39.1. The van der Waals surface area contributed by atoms with Gasteiger partial charge in [-0.25, -0.2) is 4.98 Å². The number of nitrogen functional groups attached to an aromatic ring is 1. The molecule has 1 saturated heterocycles. The van der Waals surface area contributed by atoms with E-state index in [0.29, 0.717) is 56.0 Å². The highest BCUT2D eigenvalue weighted by atomic mass is 32.3. The molecule has 18 nitrogen and oxygen atoms in total. The van der Waals surface area contributed by atoms with Gasteiger partial charge in [-0.2, -0.15) is 13.5 Å². The Hall–Kier alpha value is -4.08. The van der Waals surface area contributed by atoms with Crippen molar-refractivity contribution in [1.82, 2.24) is 25.2 Å². The van der Waals surface area contributed by atoms with Gasteiger partial charge in [0.2, 0.25) is 0 Å². The number of guanidine groups is 1. The molecule has 0 saturated carbocycles. The number of hydroxylamine groups is 2. The summed E-state index contributed by atoms with van der Waals surface area (Å²) in [6.07, 6.45) is 1.57. The number of hydrogen-bond donors (Lipinski definition) is 6. The molecule has 47 heavy (non-hydrogen) atoms. The average molecular weight is 697 g/mol. The van der Waals surface area contributed by atoms with Gasteiger partial charge in [0.1, 0.15) is 24.1 Å². The lowest BCUT2D eigenvalue weighted by molar-refractivity contribution is -0.218. The maximum Gasteiger partial charge on any atom is 0.418 e. The molecule has 0 radical (unpaired) electrons. The zero-order valence-electron chi connectivity index (χ0n) is 26.0. The molecular formula is C27H40N10O8S2. The first-order valence-corrected chi connectivity index (χ1v) is 17.0. The number of carbonyl (C=O) groups excluding carboxylic acids is 2. The first kappa shape index (κ1) is 35.8. The van der Waals surface area contributed by atoms with E-state index in [1.54, 1.807) is 0 Å². The topological polar surface area (TPSA) is 265 Å². The average Bonchev–Trinajstić information content (AvgIpc) is 3.65. The van der Waals surface area contributed by atoms with Crippen LogP contribution in [0.1, 0.15) is 43.5 Å². The van der Waals surface area contributed by atoms with Gasteiger partial charge in [0.15, 0.2) is 23.4 Å². The number of fused-ring (bicyclic) bond motifs is 1. The summed E-state index contributed by atoms with van der Waals surface area (Å²) in [5, 5.41) is 17.2. The van der Waals surface area contributed by atoms with E-state index in [2.05, 4.69) is 19.7 Å². The lowest BCUT2D eigenvalue weighted by Crippen LogP contribution is -2.76. The van der Waals surface area contributed by atoms with Crippen LogP contribution in [0.3, 0.4) is 0 Å². The summed E-state index contributed by atoms with van der Waals surface area (Å²) in [6, 6.07) is 4.50. The quantitative estimate of drug-likeness (QED) is 0.0326. The monoisotopic (exact) mass is 696 g/mol. The van der Waals surface area contributed by atoms with E-state index in [1.165, 1.54) is 19.2 Å². The van der Waals surface area contributed by atoms with Crippen molar-refractivity contribution >= 4 is 50.4 Å². The SMILES string of the molecule is CC1(C)C(NC(=O)/C(=N\OCCOc2ccc3c(c2)CN(C(=N)N(CCCN)CCCN)C3)c2csc(N)n2)C(=O)N1OS(=O)(=O)O. The zero-order chi connectivity index (χ0) is 34.4. The van der Waals surface area contributed by atoms with Gasteiger partial charge in [0, 0.05) is 31.6 Å². The fourth-order valence-electron chi connectivity index (χ4n) is 5.03. The van der Waals surface area contributed by atoms with Crippen LogP contribution in [0.15, 0.2) is 28.7 Å². The molecule has 1 aromatic heterocycles. The Morgan fingerprint density at radius 2 is 1.89 bits per heavy atom. The standard InChI is InChI=1S/C27H40N10O8S2/c1-27(2)22(24(39)37(27)45-47(40,41)42)33-23(38)21(20-16-46-25(30)32-20)34-44-12-11-43-19-6-5-17-14-36(15-18(17)13-19)26(31)35(9-3-7-28)10-4-8-29/h5-6,13,16,22,31H,3-4,7-12,14-15,28-29H2,1-2H3,(H2,30,32)(H,33,38)(H,40,41,42)/b31-26?,34-21-. The molecule has 258 valence electrons. The van der Waals surface area contributed by atoms with Crippen LogP contribution in [0, 0.1) is 5.41 Å². The highest BCUT2D eigenvalue weighted by Gasteiger charge is 2.58. The van der Waals surface area contributed by atoms with Gasteiger partial charge in [-0.05, 0) is 63.0 Å². The summed E-state index contributed by atoms with van der Waals surface area (Å²) in [5.41, 5.74) is 17.7. The largest absolute Gasteiger partial charge is 0.490 e. The molecule has 4 rings (SSSR count). The van der Waals surface area contributed by atoms with Crippen molar-refractivity contribution in [1.29, 1.82) is 5.41 Å². The molecule has 1 unspecified atom stereocenters. The normalized spacial score (nSPS) is 17.3.